The zero-order chi connectivity index (χ0) is 15.0. The lowest BCUT2D eigenvalue weighted by Crippen LogP contribution is -2.16. The molecule has 2 aromatic heterocycles. The van der Waals surface area contributed by atoms with Crippen LogP contribution in [0.2, 0.25) is 0 Å². The van der Waals surface area contributed by atoms with E-state index < -0.39 is 10.0 Å². The molecule has 0 aliphatic rings. The molecule has 0 bridgehead atoms. The Balaban J connectivity index is 2.10. The van der Waals surface area contributed by atoms with Crippen molar-refractivity contribution in [3.05, 3.63) is 52.2 Å². The van der Waals surface area contributed by atoms with Crippen molar-refractivity contribution in [2.45, 2.75) is 5.03 Å². The minimum absolute atomic E-state index is 0.0284. The number of hydrogen-bond acceptors (Lipinski definition) is 4. The third kappa shape index (κ3) is 2.68. The second kappa shape index (κ2) is 5.19. The summed E-state index contributed by atoms with van der Waals surface area (Å²) in [5.74, 6) is -0.0284. The first kappa shape index (κ1) is 14.1. The average molecular weight is 414 g/mol. The van der Waals surface area contributed by atoms with Crippen LogP contribution in [-0.2, 0) is 10.0 Å². The molecule has 0 aliphatic carbocycles. The number of fused-ring (bicyclic) bond motifs is 1. The van der Waals surface area contributed by atoms with Gasteiger partial charge in [-0.2, -0.15) is 8.42 Å². The molecule has 0 saturated heterocycles. The van der Waals surface area contributed by atoms with Crippen molar-refractivity contribution in [2.75, 3.05) is 10.5 Å². The van der Waals surface area contributed by atoms with Crippen LogP contribution in [0.1, 0.15) is 0 Å². The van der Waals surface area contributed by atoms with E-state index in [0.717, 1.165) is 3.57 Å². The van der Waals surface area contributed by atoms with E-state index in [2.05, 4.69) is 32.3 Å². The predicted molar refractivity (Wildman–Crippen MR) is 89.6 cm³/mol. The number of sulfonamides is 1. The topological polar surface area (TPSA) is 89.5 Å². The van der Waals surface area contributed by atoms with Gasteiger partial charge in [0.15, 0.2) is 5.82 Å². The smallest absolute Gasteiger partial charge is 0.281 e. The molecule has 2 heterocycles. The third-order valence-electron chi connectivity index (χ3n) is 2.84. The van der Waals surface area contributed by atoms with Gasteiger partial charge in [-0.25, -0.2) is 4.98 Å². The third-order valence-corrected chi connectivity index (χ3v) is 4.93. The van der Waals surface area contributed by atoms with E-state index in [9.17, 15) is 8.42 Å². The normalized spacial score (nSPS) is 11.7. The zero-order valence-corrected chi connectivity index (χ0v) is 13.7. The quantitative estimate of drug-likeness (QED) is 0.644. The number of benzene rings is 1. The molecule has 0 unspecified atom stereocenters. The van der Waals surface area contributed by atoms with Gasteiger partial charge < -0.3 is 5.73 Å². The number of halogens is 1. The van der Waals surface area contributed by atoms with Gasteiger partial charge in [0.1, 0.15) is 5.65 Å². The first-order valence-corrected chi connectivity index (χ1v) is 8.54. The minimum Gasteiger partial charge on any atom is -0.381 e. The van der Waals surface area contributed by atoms with Gasteiger partial charge in [-0.1, -0.05) is 12.1 Å². The molecule has 3 rings (SSSR count). The number of nitrogens with zero attached hydrogens (tertiary/aromatic N) is 2. The fraction of sp³-hybridized carbons (Fsp3) is 0. The Labute approximate surface area is 135 Å². The first-order valence-electron chi connectivity index (χ1n) is 5.98. The molecule has 0 spiro atoms. The highest BCUT2D eigenvalue weighted by Gasteiger charge is 2.23. The minimum atomic E-state index is -3.82. The summed E-state index contributed by atoms with van der Waals surface area (Å²) in [6.45, 7) is 0. The standard InChI is InChI=1S/C13H11IN4O2S/c14-9-4-3-5-10(8-9)17-21(19,20)13-12(15)16-11-6-1-2-7-18(11)13/h1-8,17H,15H2. The summed E-state index contributed by atoms with van der Waals surface area (Å²) in [5, 5.41) is -0.0584. The Morgan fingerprint density at radius 2 is 2.00 bits per heavy atom. The maximum atomic E-state index is 12.6. The molecular formula is C13H11IN4O2S. The molecular weight excluding hydrogens is 403 g/mol. The van der Waals surface area contributed by atoms with Gasteiger partial charge in [0, 0.05) is 15.5 Å². The van der Waals surface area contributed by atoms with Crippen molar-refractivity contribution in [1.29, 1.82) is 0 Å². The summed E-state index contributed by atoms with van der Waals surface area (Å²) in [4.78, 5) is 4.06. The van der Waals surface area contributed by atoms with E-state index in [0.29, 0.717) is 11.3 Å². The monoisotopic (exact) mass is 414 g/mol. The molecule has 0 saturated carbocycles. The van der Waals surface area contributed by atoms with Crippen LogP contribution in [0.4, 0.5) is 11.5 Å². The number of imidazole rings is 1. The Kier molecular flexibility index (Phi) is 3.49. The van der Waals surface area contributed by atoms with Crippen molar-refractivity contribution in [3.63, 3.8) is 0 Å². The number of hydrogen-bond donors (Lipinski definition) is 2. The van der Waals surface area contributed by atoms with Crippen LogP contribution >= 0.6 is 22.6 Å². The number of nitrogens with one attached hydrogen (secondary N) is 1. The highest BCUT2D eigenvalue weighted by molar-refractivity contribution is 14.1. The Bertz CT molecular complexity index is 921. The number of nitrogen functional groups attached to an aromatic ring is 1. The van der Waals surface area contributed by atoms with Gasteiger partial charge in [-0.05, 0) is 52.9 Å². The highest BCUT2D eigenvalue weighted by Crippen LogP contribution is 2.23. The van der Waals surface area contributed by atoms with Crippen molar-refractivity contribution in [2.24, 2.45) is 0 Å². The van der Waals surface area contributed by atoms with Gasteiger partial charge >= 0.3 is 0 Å². The fourth-order valence-electron chi connectivity index (χ4n) is 2.01. The van der Waals surface area contributed by atoms with Gasteiger partial charge in [0.25, 0.3) is 10.0 Å². The summed E-state index contributed by atoms with van der Waals surface area (Å²) >= 11 is 2.11. The van der Waals surface area contributed by atoms with Crippen molar-refractivity contribution in [1.82, 2.24) is 9.38 Å². The van der Waals surface area contributed by atoms with Gasteiger partial charge in [-0.3, -0.25) is 9.12 Å². The predicted octanol–water partition coefficient (Wildman–Crippen LogP) is 2.32. The summed E-state index contributed by atoms with van der Waals surface area (Å²) in [5.41, 5.74) is 6.73. The molecule has 108 valence electrons. The molecule has 6 nitrogen and oxygen atoms in total. The second-order valence-electron chi connectivity index (χ2n) is 4.35. The maximum absolute atomic E-state index is 12.6. The number of aromatic nitrogens is 2. The largest absolute Gasteiger partial charge is 0.381 e. The van der Waals surface area contributed by atoms with Crippen molar-refractivity contribution < 1.29 is 8.42 Å². The summed E-state index contributed by atoms with van der Waals surface area (Å²) in [6.07, 6.45) is 1.61. The molecule has 0 aliphatic heterocycles. The molecule has 0 atom stereocenters. The lowest BCUT2D eigenvalue weighted by atomic mass is 10.3. The van der Waals surface area contributed by atoms with Crippen LogP contribution in [0.3, 0.4) is 0 Å². The van der Waals surface area contributed by atoms with Crippen LogP contribution in [-0.4, -0.2) is 17.8 Å². The Morgan fingerprint density at radius 1 is 1.19 bits per heavy atom. The molecule has 0 fully saturated rings. The molecule has 1 aromatic carbocycles. The molecule has 8 heteroatoms. The van der Waals surface area contributed by atoms with E-state index in [1.54, 1.807) is 42.6 Å². The van der Waals surface area contributed by atoms with E-state index in [1.165, 1.54) is 4.40 Å². The number of pyridine rings is 1. The molecule has 0 amide bonds. The van der Waals surface area contributed by atoms with E-state index in [-0.39, 0.29) is 10.8 Å². The van der Waals surface area contributed by atoms with E-state index in [1.807, 2.05) is 6.07 Å². The Morgan fingerprint density at radius 3 is 2.76 bits per heavy atom. The van der Waals surface area contributed by atoms with Gasteiger partial charge in [0.05, 0.1) is 0 Å². The summed E-state index contributed by atoms with van der Waals surface area (Å²) < 4.78 is 30.0. The second-order valence-corrected chi connectivity index (χ2v) is 7.19. The molecule has 0 radical (unpaired) electrons. The fourth-order valence-corrected chi connectivity index (χ4v) is 3.83. The average Bonchev–Trinajstić information content (AvgIpc) is 2.74. The SMILES string of the molecule is Nc1nc2ccccn2c1S(=O)(=O)Nc1cccc(I)c1. The van der Waals surface area contributed by atoms with Gasteiger partial charge in [0.2, 0.25) is 5.03 Å². The van der Waals surface area contributed by atoms with Crippen LogP contribution in [0, 0.1) is 3.57 Å². The van der Waals surface area contributed by atoms with Crippen LogP contribution in [0.5, 0.6) is 0 Å². The number of rotatable bonds is 3. The van der Waals surface area contributed by atoms with E-state index >= 15 is 0 Å². The first-order chi connectivity index (χ1) is 9.97. The van der Waals surface area contributed by atoms with Crippen LogP contribution < -0.4 is 10.5 Å². The molecule has 3 aromatic rings. The lowest BCUT2D eigenvalue weighted by Gasteiger charge is -2.08. The number of nitrogens with two attached hydrogens (primary N) is 1. The molecule has 3 N–H and O–H groups in total. The van der Waals surface area contributed by atoms with Crippen molar-refractivity contribution >= 4 is 49.8 Å². The maximum Gasteiger partial charge on any atom is 0.281 e. The highest BCUT2D eigenvalue weighted by atomic mass is 127. The lowest BCUT2D eigenvalue weighted by molar-refractivity contribution is 0.597. The van der Waals surface area contributed by atoms with E-state index in [4.69, 9.17) is 5.73 Å². The van der Waals surface area contributed by atoms with Gasteiger partial charge in [-0.15, -0.1) is 0 Å². The van der Waals surface area contributed by atoms with Crippen LogP contribution in [0.15, 0.2) is 53.7 Å². The Hall–Kier alpha value is -1.81. The summed E-state index contributed by atoms with van der Waals surface area (Å²) in [6, 6.07) is 12.2. The van der Waals surface area contributed by atoms with Crippen LogP contribution in [0.25, 0.3) is 5.65 Å². The van der Waals surface area contributed by atoms with Crippen molar-refractivity contribution in [3.8, 4) is 0 Å². The number of anilines is 2. The molecule has 21 heavy (non-hydrogen) atoms. The zero-order valence-electron chi connectivity index (χ0n) is 10.7. The summed E-state index contributed by atoms with van der Waals surface area (Å²) in [7, 11) is -3.82.